The Labute approximate surface area is 197 Å². The molecular weight excluding hydrogens is 476 g/mol. The lowest BCUT2D eigenvalue weighted by Crippen LogP contribution is -2.42. The molecule has 0 saturated carbocycles. The molecule has 0 saturated heterocycles. The summed E-state index contributed by atoms with van der Waals surface area (Å²) in [4.78, 5) is 25.0. The van der Waals surface area contributed by atoms with Crippen LogP contribution in [0.15, 0.2) is 59.1 Å². The van der Waals surface area contributed by atoms with E-state index in [0.717, 1.165) is 17.3 Å². The quantitative estimate of drug-likeness (QED) is 0.155. The molecule has 0 fully saturated rings. The summed E-state index contributed by atoms with van der Waals surface area (Å²) >= 11 is 3.36. The van der Waals surface area contributed by atoms with E-state index in [4.69, 9.17) is 9.47 Å². The van der Waals surface area contributed by atoms with Crippen LogP contribution in [-0.4, -0.2) is 43.1 Å². The molecule has 0 aliphatic heterocycles. The summed E-state index contributed by atoms with van der Waals surface area (Å²) in [6, 6.07) is 16.6. The van der Waals surface area contributed by atoms with E-state index in [9.17, 15) is 14.8 Å². The molecule has 0 aromatic heterocycles. The number of carbonyl (C=O) groups excluding carboxylic acids is 2. The van der Waals surface area contributed by atoms with Gasteiger partial charge in [0.2, 0.25) is 5.91 Å². The number of hydroxylamine groups is 1. The first-order valence-corrected chi connectivity index (χ1v) is 11.5. The van der Waals surface area contributed by atoms with Crippen LogP contribution in [0.3, 0.4) is 0 Å². The zero-order valence-corrected chi connectivity index (χ0v) is 19.8. The molecule has 2 aromatic carbocycles. The molecule has 0 radical (unpaired) electrons. The van der Waals surface area contributed by atoms with Gasteiger partial charge in [-0.05, 0) is 62.4 Å². The molecule has 3 N–H and O–H groups in total. The first-order valence-electron chi connectivity index (χ1n) is 10.7. The summed E-state index contributed by atoms with van der Waals surface area (Å²) in [5.74, 6) is -1.20. The number of ether oxygens (including phenoxy) is 2. The highest BCUT2D eigenvalue weighted by Gasteiger charge is 2.24. The molecule has 8 heteroatoms. The Balaban J connectivity index is 2.01. The van der Waals surface area contributed by atoms with Gasteiger partial charge in [0.25, 0.3) is 5.91 Å². The second kappa shape index (κ2) is 14.7. The van der Waals surface area contributed by atoms with Gasteiger partial charge in [-0.15, -0.1) is 0 Å². The lowest BCUT2D eigenvalue weighted by molar-refractivity contribution is -0.134. The van der Waals surface area contributed by atoms with Crippen LogP contribution in [0.2, 0.25) is 0 Å². The molecule has 174 valence electrons. The number of hydrogen-bond acceptors (Lipinski definition) is 5. The van der Waals surface area contributed by atoms with Crippen molar-refractivity contribution < 1.29 is 24.3 Å². The van der Waals surface area contributed by atoms with E-state index in [-0.39, 0.29) is 19.3 Å². The van der Waals surface area contributed by atoms with Gasteiger partial charge in [0.1, 0.15) is 6.79 Å². The minimum Gasteiger partial charge on any atom is -0.356 e. The zero-order valence-electron chi connectivity index (χ0n) is 18.3. The van der Waals surface area contributed by atoms with Gasteiger partial charge in [-0.1, -0.05) is 46.3 Å². The number of benzene rings is 2. The average molecular weight is 507 g/mol. The molecule has 7 nitrogen and oxygen atoms in total. The fraction of sp³-hybridized carbons (Fsp3) is 0.417. The predicted octanol–water partition coefficient (Wildman–Crippen LogP) is 4.09. The van der Waals surface area contributed by atoms with Crippen LogP contribution < -0.4 is 10.8 Å². The number of aryl methyl sites for hydroxylation is 1. The van der Waals surface area contributed by atoms with E-state index >= 15 is 0 Å². The van der Waals surface area contributed by atoms with Crippen molar-refractivity contribution >= 4 is 27.7 Å². The number of rotatable bonds is 14. The topological polar surface area (TPSA) is 96.9 Å². The Morgan fingerprint density at radius 1 is 1.06 bits per heavy atom. The van der Waals surface area contributed by atoms with Crippen molar-refractivity contribution in [1.29, 1.82) is 0 Å². The lowest BCUT2D eigenvalue weighted by atomic mass is 9.92. The highest BCUT2D eigenvalue weighted by atomic mass is 79.9. The number of halogens is 1. The Kier molecular flexibility index (Phi) is 12.0. The van der Waals surface area contributed by atoms with Gasteiger partial charge in [-0.25, -0.2) is 5.48 Å². The summed E-state index contributed by atoms with van der Waals surface area (Å²) in [5, 5.41) is 12.2. The van der Waals surface area contributed by atoms with E-state index in [0.29, 0.717) is 25.0 Å². The van der Waals surface area contributed by atoms with Crippen molar-refractivity contribution in [2.75, 3.05) is 20.0 Å². The van der Waals surface area contributed by atoms with Gasteiger partial charge < -0.3 is 14.8 Å². The van der Waals surface area contributed by atoms with E-state index in [2.05, 4.69) is 21.2 Å². The highest BCUT2D eigenvalue weighted by molar-refractivity contribution is 9.10. The fourth-order valence-electron chi connectivity index (χ4n) is 3.36. The second-order valence-electron chi connectivity index (χ2n) is 7.45. The largest absolute Gasteiger partial charge is 0.356 e. The van der Waals surface area contributed by atoms with Crippen molar-refractivity contribution in [3.8, 4) is 0 Å². The summed E-state index contributed by atoms with van der Waals surface area (Å²) in [7, 11) is 0. The molecule has 0 aliphatic carbocycles. The smallest absolute Gasteiger partial charge is 0.251 e. The summed E-state index contributed by atoms with van der Waals surface area (Å²) in [5.41, 5.74) is 3.46. The van der Waals surface area contributed by atoms with Crippen molar-refractivity contribution in [1.82, 2.24) is 10.8 Å². The summed E-state index contributed by atoms with van der Waals surface area (Å²) in [6.45, 7) is 2.68. The zero-order chi connectivity index (χ0) is 23.2. The Morgan fingerprint density at radius 3 is 2.44 bits per heavy atom. The van der Waals surface area contributed by atoms with Gasteiger partial charge in [-0.2, -0.15) is 0 Å². The maximum absolute atomic E-state index is 12.7. The van der Waals surface area contributed by atoms with E-state index < -0.39 is 17.9 Å². The highest BCUT2D eigenvalue weighted by Crippen LogP contribution is 2.18. The molecule has 0 spiro atoms. The van der Waals surface area contributed by atoms with Gasteiger partial charge in [0.15, 0.2) is 0 Å². The van der Waals surface area contributed by atoms with Crippen molar-refractivity contribution in [3.05, 3.63) is 70.2 Å². The van der Waals surface area contributed by atoms with E-state index in [1.165, 1.54) is 5.56 Å². The number of nitrogens with one attached hydrogen (secondary N) is 2. The molecule has 0 aliphatic rings. The van der Waals surface area contributed by atoms with Gasteiger partial charge in [-0.3, -0.25) is 14.8 Å². The van der Waals surface area contributed by atoms with Crippen LogP contribution in [0.5, 0.6) is 0 Å². The van der Waals surface area contributed by atoms with Crippen LogP contribution in [-0.2, 0) is 20.7 Å². The first-order chi connectivity index (χ1) is 15.5. The van der Waals surface area contributed by atoms with Crippen molar-refractivity contribution in [2.24, 2.45) is 5.92 Å². The van der Waals surface area contributed by atoms with Gasteiger partial charge in [0, 0.05) is 22.6 Å². The normalized spacial score (nSPS) is 12.7. The molecule has 2 atom stereocenters. The molecule has 2 aromatic rings. The first kappa shape index (κ1) is 26.0. The second-order valence-corrected chi connectivity index (χ2v) is 8.36. The minimum atomic E-state index is -0.477. The summed E-state index contributed by atoms with van der Waals surface area (Å²) in [6.07, 6.45) is 2.50. The monoisotopic (exact) mass is 506 g/mol. The van der Waals surface area contributed by atoms with Gasteiger partial charge in [0.05, 0.1) is 12.6 Å². The Morgan fingerprint density at radius 2 is 1.78 bits per heavy atom. The van der Waals surface area contributed by atoms with E-state index in [1.54, 1.807) is 29.7 Å². The van der Waals surface area contributed by atoms with Gasteiger partial charge >= 0.3 is 0 Å². The third kappa shape index (κ3) is 9.48. The third-order valence-electron chi connectivity index (χ3n) is 5.04. The molecule has 2 amide bonds. The molecule has 0 unspecified atom stereocenters. The maximum atomic E-state index is 12.7. The van der Waals surface area contributed by atoms with Crippen LogP contribution in [0, 0.1) is 5.92 Å². The summed E-state index contributed by atoms with van der Waals surface area (Å²) < 4.78 is 11.6. The minimum absolute atomic E-state index is 0.103. The van der Waals surface area contributed by atoms with Crippen LogP contribution in [0.4, 0.5) is 0 Å². The van der Waals surface area contributed by atoms with Crippen molar-refractivity contribution in [2.45, 2.75) is 38.6 Å². The predicted molar refractivity (Wildman–Crippen MR) is 125 cm³/mol. The maximum Gasteiger partial charge on any atom is 0.251 e. The molecule has 2 rings (SSSR count). The Bertz CT molecular complexity index is 817. The molecular formula is C24H31BrN2O5. The lowest BCUT2D eigenvalue weighted by Gasteiger charge is -2.23. The SMILES string of the molecule is CCOCOC[C@H](C[C@H](CCCc1ccccc1)C(=O)NO)NC(=O)c1ccc(Br)cc1. The molecule has 0 bridgehead atoms. The van der Waals surface area contributed by atoms with Crippen molar-refractivity contribution in [3.63, 3.8) is 0 Å². The van der Waals surface area contributed by atoms with Crippen LogP contribution >= 0.6 is 15.9 Å². The fourth-order valence-corrected chi connectivity index (χ4v) is 3.62. The molecule has 32 heavy (non-hydrogen) atoms. The standard InChI is InChI=1S/C24H31BrN2O5/c1-2-31-17-32-16-22(26-23(28)19-11-13-21(25)14-12-19)15-20(24(29)27-30)10-6-9-18-7-4-3-5-8-18/h3-5,7-8,11-14,20,22,30H,2,6,9-10,15-17H2,1H3,(H,26,28)(H,27,29)/t20-,22-/m0/s1. The van der Waals surface area contributed by atoms with E-state index in [1.807, 2.05) is 37.3 Å². The van der Waals surface area contributed by atoms with Crippen LogP contribution in [0.25, 0.3) is 0 Å². The van der Waals surface area contributed by atoms with Crippen LogP contribution in [0.1, 0.15) is 42.1 Å². The third-order valence-corrected chi connectivity index (χ3v) is 5.57. The molecule has 0 heterocycles. The average Bonchev–Trinajstić information content (AvgIpc) is 2.81. The number of carbonyl (C=O) groups is 2. The number of hydrogen-bond donors (Lipinski definition) is 3. The Hall–Kier alpha value is -2.26. The number of amides is 2.